The minimum atomic E-state index is -3.31. The molecule has 0 aliphatic heterocycles. The molecule has 0 atom stereocenters. The molecular weight excluding hydrogens is 296 g/mol. The van der Waals surface area contributed by atoms with Gasteiger partial charge in [-0.05, 0) is 32.6 Å². The first kappa shape index (κ1) is 19.9. The first-order chi connectivity index (χ1) is 9.59. The van der Waals surface area contributed by atoms with E-state index in [4.69, 9.17) is 9.47 Å². The summed E-state index contributed by atoms with van der Waals surface area (Å²) in [5, 5.41) is 0. The van der Waals surface area contributed by atoms with Gasteiger partial charge in [0.15, 0.2) is 5.41 Å². The SMILES string of the molecule is CCOC(=O)C(CCS(C)(=O)=O)(CC(C)C)C(=O)OCC. The van der Waals surface area contributed by atoms with E-state index in [0.29, 0.717) is 0 Å². The van der Waals surface area contributed by atoms with Gasteiger partial charge < -0.3 is 9.47 Å². The molecule has 0 heterocycles. The zero-order valence-corrected chi connectivity index (χ0v) is 14.3. The van der Waals surface area contributed by atoms with Crippen LogP contribution in [0.1, 0.15) is 40.5 Å². The molecule has 0 aromatic rings. The number of rotatable bonds is 9. The lowest BCUT2D eigenvalue weighted by Gasteiger charge is -2.30. The van der Waals surface area contributed by atoms with Gasteiger partial charge >= 0.3 is 11.9 Å². The lowest BCUT2D eigenvalue weighted by atomic mass is 9.77. The van der Waals surface area contributed by atoms with Crippen molar-refractivity contribution >= 4 is 21.8 Å². The molecule has 124 valence electrons. The summed E-state index contributed by atoms with van der Waals surface area (Å²) in [6.07, 6.45) is 1.14. The molecule has 7 heteroatoms. The van der Waals surface area contributed by atoms with E-state index in [1.807, 2.05) is 13.8 Å². The molecule has 21 heavy (non-hydrogen) atoms. The lowest BCUT2D eigenvalue weighted by molar-refractivity contribution is -0.173. The van der Waals surface area contributed by atoms with E-state index in [1.165, 1.54) is 0 Å². The average Bonchev–Trinajstić information content (AvgIpc) is 2.33. The fourth-order valence-corrected chi connectivity index (χ4v) is 2.87. The highest BCUT2D eigenvalue weighted by atomic mass is 32.2. The Morgan fingerprint density at radius 1 is 1.05 bits per heavy atom. The van der Waals surface area contributed by atoms with Crippen molar-refractivity contribution < 1.29 is 27.5 Å². The van der Waals surface area contributed by atoms with Crippen LogP contribution in [0.3, 0.4) is 0 Å². The molecular formula is C14H26O6S. The Hall–Kier alpha value is -1.11. The molecule has 0 aliphatic rings. The minimum Gasteiger partial charge on any atom is -0.465 e. The summed E-state index contributed by atoms with van der Waals surface area (Å²) in [6, 6.07) is 0. The number of hydrogen-bond donors (Lipinski definition) is 0. The molecule has 0 fully saturated rings. The third-order valence-corrected chi connectivity index (χ3v) is 3.93. The van der Waals surface area contributed by atoms with E-state index in [2.05, 4.69) is 0 Å². The number of carbonyl (C=O) groups is 2. The Bertz CT molecular complexity index is 434. The number of sulfone groups is 1. The standard InChI is InChI=1S/C14H26O6S/c1-6-19-12(15)14(10-11(3)4,13(16)20-7-2)8-9-21(5,17)18/h11H,6-10H2,1-5H3. The number of esters is 2. The molecule has 6 nitrogen and oxygen atoms in total. The van der Waals surface area contributed by atoms with Crippen LogP contribution in [-0.2, 0) is 28.9 Å². The van der Waals surface area contributed by atoms with Crippen LogP contribution in [0.5, 0.6) is 0 Å². The molecule has 0 rings (SSSR count). The fraction of sp³-hybridized carbons (Fsp3) is 0.857. The molecule has 0 spiro atoms. The van der Waals surface area contributed by atoms with Crippen LogP contribution in [-0.4, -0.2) is 45.6 Å². The zero-order chi connectivity index (χ0) is 16.7. The van der Waals surface area contributed by atoms with Crippen LogP contribution in [0, 0.1) is 11.3 Å². The van der Waals surface area contributed by atoms with Gasteiger partial charge in [-0.3, -0.25) is 9.59 Å². The summed E-state index contributed by atoms with van der Waals surface area (Å²) in [5.41, 5.74) is -1.55. The van der Waals surface area contributed by atoms with Gasteiger partial charge in [-0.15, -0.1) is 0 Å². The van der Waals surface area contributed by atoms with Crippen molar-refractivity contribution in [1.29, 1.82) is 0 Å². The Morgan fingerprint density at radius 3 is 1.76 bits per heavy atom. The molecule has 0 saturated carbocycles. The van der Waals surface area contributed by atoms with Gasteiger partial charge in [0.2, 0.25) is 0 Å². The maximum atomic E-state index is 12.3. The van der Waals surface area contributed by atoms with Gasteiger partial charge in [-0.25, -0.2) is 8.42 Å². The molecule has 0 N–H and O–H groups in total. The molecule has 0 saturated heterocycles. The summed E-state index contributed by atoms with van der Waals surface area (Å²) < 4.78 is 32.9. The number of carbonyl (C=O) groups excluding carboxylic acids is 2. The zero-order valence-electron chi connectivity index (χ0n) is 13.5. The van der Waals surface area contributed by atoms with Gasteiger partial charge in [0, 0.05) is 6.26 Å². The smallest absolute Gasteiger partial charge is 0.323 e. The topological polar surface area (TPSA) is 86.7 Å². The highest BCUT2D eigenvalue weighted by Crippen LogP contribution is 2.34. The van der Waals surface area contributed by atoms with Crippen LogP contribution in [0.25, 0.3) is 0 Å². The van der Waals surface area contributed by atoms with Gasteiger partial charge in [-0.1, -0.05) is 13.8 Å². The second kappa shape index (κ2) is 8.36. The number of ether oxygens (including phenoxy) is 2. The maximum absolute atomic E-state index is 12.3. The molecule has 0 aromatic heterocycles. The summed E-state index contributed by atoms with van der Waals surface area (Å²) >= 11 is 0. The van der Waals surface area contributed by atoms with E-state index in [-0.39, 0.29) is 37.7 Å². The molecule has 0 aromatic carbocycles. The highest BCUT2D eigenvalue weighted by molar-refractivity contribution is 7.90. The Balaban J connectivity index is 5.59. The molecule has 0 aliphatic carbocycles. The van der Waals surface area contributed by atoms with Crippen molar-refractivity contribution in [2.45, 2.75) is 40.5 Å². The number of hydrogen-bond acceptors (Lipinski definition) is 6. The van der Waals surface area contributed by atoms with Crippen LogP contribution in [0.4, 0.5) is 0 Å². The Morgan fingerprint density at radius 2 is 1.48 bits per heavy atom. The highest BCUT2D eigenvalue weighted by Gasteiger charge is 2.49. The molecule has 0 amide bonds. The summed E-state index contributed by atoms with van der Waals surface area (Å²) in [5.74, 6) is -1.67. The second-order valence-corrected chi connectivity index (χ2v) is 7.76. The summed E-state index contributed by atoms with van der Waals surface area (Å²) in [7, 11) is -3.31. The van der Waals surface area contributed by atoms with Crippen molar-refractivity contribution in [2.75, 3.05) is 25.2 Å². The van der Waals surface area contributed by atoms with Gasteiger partial charge in [0.05, 0.1) is 19.0 Å². The van der Waals surface area contributed by atoms with E-state index < -0.39 is 27.2 Å². The largest absolute Gasteiger partial charge is 0.465 e. The van der Waals surface area contributed by atoms with Crippen molar-refractivity contribution in [1.82, 2.24) is 0 Å². The van der Waals surface area contributed by atoms with Crippen LogP contribution in [0.15, 0.2) is 0 Å². The van der Waals surface area contributed by atoms with Crippen molar-refractivity contribution in [2.24, 2.45) is 11.3 Å². The average molecular weight is 322 g/mol. The second-order valence-electron chi connectivity index (χ2n) is 5.50. The normalized spacial score (nSPS) is 12.3. The first-order valence-electron chi connectivity index (χ1n) is 7.11. The molecule has 0 bridgehead atoms. The van der Waals surface area contributed by atoms with Crippen LogP contribution >= 0.6 is 0 Å². The van der Waals surface area contributed by atoms with Crippen LogP contribution < -0.4 is 0 Å². The van der Waals surface area contributed by atoms with E-state index in [1.54, 1.807) is 13.8 Å². The maximum Gasteiger partial charge on any atom is 0.323 e. The quantitative estimate of drug-likeness (QED) is 0.473. The molecule has 0 radical (unpaired) electrons. The lowest BCUT2D eigenvalue weighted by Crippen LogP contribution is -2.44. The van der Waals surface area contributed by atoms with Gasteiger partial charge in [0.1, 0.15) is 9.84 Å². The predicted molar refractivity (Wildman–Crippen MR) is 79.5 cm³/mol. The predicted octanol–water partition coefficient (Wildman–Crippen LogP) is 1.58. The molecule has 0 unspecified atom stereocenters. The van der Waals surface area contributed by atoms with Crippen molar-refractivity contribution in [3.8, 4) is 0 Å². The summed E-state index contributed by atoms with van der Waals surface area (Å²) in [4.78, 5) is 24.6. The summed E-state index contributed by atoms with van der Waals surface area (Å²) in [6.45, 7) is 7.23. The first-order valence-corrected chi connectivity index (χ1v) is 9.17. The fourth-order valence-electron chi connectivity index (χ4n) is 2.15. The van der Waals surface area contributed by atoms with Crippen molar-refractivity contribution in [3.05, 3.63) is 0 Å². The Kier molecular flexibility index (Phi) is 7.92. The third-order valence-electron chi connectivity index (χ3n) is 2.99. The minimum absolute atomic E-state index is 0.0124. The van der Waals surface area contributed by atoms with Gasteiger partial charge in [0.25, 0.3) is 0 Å². The van der Waals surface area contributed by atoms with E-state index in [9.17, 15) is 18.0 Å². The monoisotopic (exact) mass is 322 g/mol. The van der Waals surface area contributed by atoms with Gasteiger partial charge in [-0.2, -0.15) is 0 Å². The Labute approximate surface area is 127 Å². The third kappa shape index (κ3) is 6.46. The van der Waals surface area contributed by atoms with Crippen LogP contribution in [0.2, 0.25) is 0 Å². The van der Waals surface area contributed by atoms with Crippen molar-refractivity contribution in [3.63, 3.8) is 0 Å². The van der Waals surface area contributed by atoms with E-state index in [0.717, 1.165) is 6.26 Å². The van der Waals surface area contributed by atoms with E-state index >= 15 is 0 Å².